The lowest BCUT2D eigenvalue weighted by atomic mass is 10.5. The van der Waals surface area contributed by atoms with Crippen LogP contribution in [0.4, 0.5) is 0 Å². The van der Waals surface area contributed by atoms with Crippen LogP contribution in [0.15, 0.2) is 0 Å². The minimum atomic E-state index is -3.10. The minimum absolute atomic E-state index is 0.0614. The average molecular weight is 165 g/mol. The highest BCUT2D eigenvalue weighted by molar-refractivity contribution is 7.89. The molecule has 60 valence electrons. The Kier molecular flexibility index (Phi) is 4.22. The van der Waals surface area contributed by atoms with Crippen LogP contribution in [0.1, 0.15) is 13.3 Å². The van der Waals surface area contributed by atoms with Crippen LogP contribution >= 0.6 is 0 Å². The highest BCUT2D eigenvalue weighted by atomic mass is 32.2. The Balaban J connectivity index is 3.58. The van der Waals surface area contributed by atoms with E-state index in [-0.39, 0.29) is 18.7 Å². The van der Waals surface area contributed by atoms with E-state index in [1.54, 1.807) is 6.92 Å². The van der Waals surface area contributed by atoms with Gasteiger partial charge in [-0.1, -0.05) is 0 Å². The molecule has 0 aliphatic rings. The third-order valence-electron chi connectivity index (χ3n) is 0.964. The van der Waals surface area contributed by atoms with Gasteiger partial charge in [-0.2, -0.15) is 0 Å². The molecule has 0 aliphatic carbocycles. The molecule has 0 fully saturated rings. The zero-order valence-corrected chi connectivity index (χ0v) is 6.65. The fourth-order valence-electron chi connectivity index (χ4n) is 0.375. The largest absolute Gasteiger partial charge is 0.303 e. The lowest BCUT2D eigenvalue weighted by molar-refractivity contribution is -0.107. The average Bonchev–Trinajstić information content (AvgIpc) is 1.89. The van der Waals surface area contributed by atoms with Crippen molar-refractivity contribution in [2.24, 2.45) is 0 Å². The lowest BCUT2D eigenvalue weighted by Gasteiger charge is -1.99. The summed E-state index contributed by atoms with van der Waals surface area (Å²) in [5.74, 6) is 0.0614. The molecule has 10 heavy (non-hydrogen) atoms. The normalized spacial score (nSPS) is 11.3. The fourth-order valence-corrected chi connectivity index (χ4v) is 1.01. The molecule has 1 N–H and O–H groups in total. The van der Waals surface area contributed by atoms with Crippen LogP contribution in [0, 0.1) is 0 Å². The Hall–Kier alpha value is -0.420. The summed E-state index contributed by atoms with van der Waals surface area (Å²) in [5, 5.41) is 0. The van der Waals surface area contributed by atoms with Crippen molar-refractivity contribution in [3.8, 4) is 0 Å². The molecule has 0 rings (SSSR count). The van der Waals surface area contributed by atoms with Gasteiger partial charge in [0, 0.05) is 13.0 Å². The highest BCUT2D eigenvalue weighted by Crippen LogP contribution is 1.81. The molecule has 5 heteroatoms. The van der Waals surface area contributed by atoms with Gasteiger partial charge in [0.1, 0.15) is 6.29 Å². The Morgan fingerprint density at radius 2 is 2.10 bits per heavy atom. The molecule has 0 saturated carbocycles. The van der Waals surface area contributed by atoms with E-state index in [0.717, 1.165) is 0 Å². The number of rotatable bonds is 5. The first kappa shape index (κ1) is 9.58. The second-order valence-electron chi connectivity index (χ2n) is 1.75. The molecule has 0 amide bonds. The van der Waals surface area contributed by atoms with E-state index < -0.39 is 10.0 Å². The molecule has 0 saturated heterocycles. The number of aldehydes is 1. The molecule has 0 radical (unpaired) electrons. The highest BCUT2D eigenvalue weighted by Gasteiger charge is 2.02. The number of hydrogen-bond donors (Lipinski definition) is 1. The monoisotopic (exact) mass is 165 g/mol. The molecule has 0 aromatic carbocycles. The van der Waals surface area contributed by atoms with Crippen molar-refractivity contribution in [1.29, 1.82) is 0 Å². The predicted octanol–water partition coefficient (Wildman–Crippen LogP) is -0.485. The summed E-state index contributed by atoms with van der Waals surface area (Å²) >= 11 is 0. The predicted molar refractivity (Wildman–Crippen MR) is 38.1 cm³/mol. The zero-order valence-electron chi connectivity index (χ0n) is 5.83. The number of hydrogen-bond acceptors (Lipinski definition) is 3. The van der Waals surface area contributed by atoms with E-state index in [9.17, 15) is 13.2 Å². The molecule has 0 aromatic rings. The van der Waals surface area contributed by atoms with Gasteiger partial charge in [0.15, 0.2) is 0 Å². The van der Waals surface area contributed by atoms with Gasteiger partial charge in [-0.15, -0.1) is 0 Å². The summed E-state index contributed by atoms with van der Waals surface area (Å²) in [5.41, 5.74) is 0. The van der Waals surface area contributed by atoms with Gasteiger partial charge >= 0.3 is 0 Å². The number of sulfonamides is 1. The van der Waals surface area contributed by atoms with E-state index >= 15 is 0 Å². The van der Waals surface area contributed by atoms with Gasteiger partial charge in [-0.25, -0.2) is 13.1 Å². The molecule has 0 bridgehead atoms. The van der Waals surface area contributed by atoms with Crippen LogP contribution in [0.5, 0.6) is 0 Å². The van der Waals surface area contributed by atoms with E-state index in [1.807, 2.05) is 0 Å². The van der Waals surface area contributed by atoms with Gasteiger partial charge in [-0.05, 0) is 6.92 Å². The summed E-state index contributed by atoms with van der Waals surface area (Å²) in [4.78, 5) is 9.74. The third kappa shape index (κ3) is 4.46. The van der Waals surface area contributed by atoms with Crippen molar-refractivity contribution in [3.63, 3.8) is 0 Å². The van der Waals surface area contributed by atoms with Gasteiger partial charge < -0.3 is 4.79 Å². The van der Waals surface area contributed by atoms with Gasteiger partial charge in [-0.3, -0.25) is 0 Å². The van der Waals surface area contributed by atoms with Gasteiger partial charge in [0.05, 0.1) is 5.75 Å². The smallest absolute Gasteiger partial charge is 0.211 e. The van der Waals surface area contributed by atoms with Crippen LogP contribution in [0.3, 0.4) is 0 Å². The number of carbonyl (C=O) groups is 1. The Bertz CT molecular complexity index is 185. The van der Waals surface area contributed by atoms with Gasteiger partial charge in [0.25, 0.3) is 0 Å². The quantitative estimate of drug-likeness (QED) is 0.442. The van der Waals surface area contributed by atoms with E-state index in [4.69, 9.17) is 0 Å². The summed E-state index contributed by atoms with van der Waals surface area (Å²) in [6, 6.07) is 0. The van der Waals surface area contributed by atoms with E-state index in [0.29, 0.717) is 6.29 Å². The maximum absolute atomic E-state index is 10.6. The first-order valence-electron chi connectivity index (χ1n) is 3.03. The van der Waals surface area contributed by atoms with Crippen molar-refractivity contribution >= 4 is 16.3 Å². The molecule has 0 spiro atoms. The molecule has 0 unspecified atom stereocenters. The van der Waals surface area contributed by atoms with Crippen molar-refractivity contribution < 1.29 is 13.2 Å². The summed E-state index contributed by atoms with van der Waals surface area (Å²) < 4.78 is 23.5. The molecular formula is C5H11NO3S. The van der Waals surface area contributed by atoms with Crippen molar-refractivity contribution in [1.82, 2.24) is 4.72 Å². The fraction of sp³-hybridized carbons (Fsp3) is 0.800. The summed E-state index contributed by atoms with van der Waals surface area (Å²) in [7, 11) is -3.10. The molecule has 0 aliphatic heterocycles. The first-order valence-corrected chi connectivity index (χ1v) is 4.68. The molecular weight excluding hydrogens is 154 g/mol. The number of nitrogens with one attached hydrogen (secondary N) is 1. The topological polar surface area (TPSA) is 63.2 Å². The Morgan fingerprint density at radius 1 is 1.50 bits per heavy atom. The van der Waals surface area contributed by atoms with Crippen molar-refractivity contribution in [3.05, 3.63) is 0 Å². The maximum atomic E-state index is 10.6. The van der Waals surface area contributed by atoms with Crippen LogP contribution < -0.4 is 4.72 Å². The SMILES string of the molecule is CCS(=O)(=O)NCCC=O. The van der Waals surface area contributed by atoms with Crippen LogP contribution in [-0.2, 0) is 14.8 Å². The second-order valence-corrected chi connectivity index (χ2v) is 3.85. The standard InChI is InChI=1S/C5H11NO3S/c1-2-10(8,9)6-4-3-5-7/h5-6H,2-4H2,1H3. The van der Waals surface area contributed by atoms with E-state index in [2.05, 4.69) is 4.72 Å². The van der Waals surface area contributed by atoms with E-state index in [1.165, 1.54) is 0 Å². The molecule has 0 heterocycles. The van der Waals surface area contributed by atoms with Crippen LogP contribution in [0.25, 0.3) is 0 Å². The molecule has 0 aromatic heterocycles. The van der Waals surface area contributed by atoms with Crippen LogP contribution in [-0.4, -0.2) is 27.0 Å². The third-order valence-corrected chi connectivity index (χ3v) is 2.37. The van der Waals surface area contributed by atoms with Gasteiger partial charge in [0.2, 0.25) is 10.0 Å². The van der Waals surface area contributed by atoms with Crippen LogP contribution in [0.2, 0.25) is 0 Å². The van der Waals surface area contributed by atoms with Crippen molar-refractivity contribution in [2.45, 2.75) is 13.3 Å². The molecule has 0 atom stereocenters. The Labute approximate surface area is 60.7 Å². The first-order chi connectivity index (χ1) is 4.62. The number of carbonyl (C=O) groups excluding carboxylic acids is 1. The van der Waals surface area contributed by atoms with Crippen molar-refractivity contribution in [2.75, 3.05) is 12.3 Å². The maximum Gasteiger partial charge on any atom is 0.211 e. The molecule has 4 nitrogen and oxygen atoms in total. The summed E-state index contributed by atoms with van der Waals surface area (Å²) in [6.45, 7) is 1.75. The lowest BCUT2D eigenvalue weighted by Crippen LogP contribution is -2.26. The minimum Gasteiger partial charge on any atom is -0.303 e. The zero-order chi connectivity index (χ0) is 8.04. The second kappa shape index (κ2) is 4.40. The Morgan fingerprint density at radius 3 is 2.50 bits per heavy atom. The summed E-state index contributed by atoms with van der Waals surface area (Å²) in [6.07, 6.45) is 0.914.